The van der Waals surface area contributed by atoms with Crippen molar-refractivity contribution in [2.75, 3.05) is 17.3 Å². The molecule has 3 aromatic rings. The lowest BCUT2D eigenvalue weighted by Crippen LogP contribution is -2.42. The summed E-state index contributed by atoms with van der Waals surface area (Å²) in [4.78, 5) is 21.5. The Balaban J connectivity index is 1.34. The molecule has 2 heterocycles. The van der Waals surface area contributed by atoms with Gasteiger partial charge in [-0.2, -0.15) is 10.1 Å². The number of fused-ring (bicyclic) bond motifs is 1. The third-order valence-corrected chi connectivity index (χ3v) is 6.81. The van der Waals surface area contributed by atoms with Gasteiger partial charge in [-0.1, -0.05) is 18.2 Å². The minimum atomic E-state index is -3.12. The van der Waals surface area contributed by atoms with E-state index < -0.39 is 9.84 Å². The number of nitrogens with zero attached hydrogens (tertiary/aromatic N) is 4. The van der Waals surface area contributed by atoms with Crippen molar-refractivity contribution in [3.05, 3.63) is 42.7 Å². The molecular weight excluding hydrogens is 428 g/mol. The number of carbonyl (C=O) groups excluding carboxylic acids is 1. The molecule has 1 saturated carbocycles. The lowest BCUT2D eigenvalue weighted by molar-refractivity contribution is -0.126. The topological polar surface area (TPSA) is 119 Å². The zero-order valence-electron chi connectivity index (χ0n) is 18.2. The quantitative estimate of drug-likeness (QED) is 0.560. The summed E-state index contributed by atoms with van der Waals surface area (Å²) in [5.74, 6) is 1.02. The summed E-state index contributed by atoms with van der Waals surface area (Å²) in [5.41, 5.74) is 0.980. The van der Waals surface area contributed by atoms with Gasteiger partial charge in [0.1, 0.15) is 9.84 Å². The van der Waals surface area contributed by atoms with Gasteiger partial charge in [-0.25, -0.2) is 18.1 Å². The predicted octanol–water partition coefficient (Wildman–Crippen LogP) is 2.34. The number of sulfone groups is 1. The Morgan fingerprint density at radius 3 is 2.69 bits per heavy atom. The number of nitrogens with one attached hydrogen (secondary N) is 2. The number of anilines is 1. The fraction of sp³-hybridized carbons (Fsp3) is 0.455. The first-order valence-electron chi connectivity index (χ1n) is 10.8. The highest BCUT2D eigenvalue weighted by atomic mass is 32.2. The van der Waals surface area contributed by atoms with E-state index in [9.17, 15) is 13.2 Å². The van der Waals surface area contributed by atoms with Gasteiger partial charge in [0, 0.05) is 41.9 Å². The van der Waals surface area contributed by atoms with Crippen LogP contribution in [0.1, 0.15) is 32.6 Å². The minimum Gasteiger partial charge on any atom is -0.352 e. The molecule has 4 rings (SSSR count). The molecular formula is C22H28N6O3S. The van der Waals surface area contributed by atoms with Gasteiger partial charge < -0.3 is 10.6 Å². The number of hydrogen-bond donors (Lipinski definition) is 2. The molecule has 1 atom stereocenters. The van der Waals surface area contributed by atoms with Crippen LogP contribution in [0.25, 0.3) is 16.7 Å². The highest BCUT2D eigenvalue weighted by Gasteiger charge is 2.28. The molecule has 1 aliphatic rings. The maximum atomic E-state index is 12.5. The second-order valence-corrected chi connectivity index (χ2v) is 10.7. The summed E-state index contributed by atoms with van der Waals surface area (Å²) in [6.45, 7) is 1.72. The maximum Gasteiger partial charge on any atom is 0.224 e. The average molecular weight is 457 g/mol. The largest absolute Gasteiger partial charge is 0.352 e. The van der Waals surface area contributed by atoms with Gasteiger partial charge in [-0.15, -0.1) is 0 Å². The van der Waals surface area contributed by atoms with E-state index in [4.69, 9.17) is 0 Å². The van der Waals surface area contributed by atoms with Crippen LogP contribution in [0.4, 0.5) is 5.95 Å². The molecule has 1 amide bonds. The highest BCUT2D eigenvalue weighted by molar-refractivity contribution is 7.90. The van der Waals surface area contributed by atoms with Crippen molar-refractivity contribution in [3.63, 3.8) is 0 Å². The molecule has 32 heavy (non-hydrogen) atoms. The van der Waals surface area contributed by atoms with Crippen LogP contribution in [-0.2, 0) is 14.6 Å². The van der Waals surface area contributed by atoms with Crippen LogP contribution in [-0.4, -0.2) is 58.2 Å². The minimum absolute atomic E-state index is 0.0468. The van der Waals surface area contributed by atoms with Gasteiger partial charge in [0.2, 0.25) is 11.9 Å². The molecule has 9 nitrogen and oxygen atoms in total. The molecule has 2 N–H and O–H groups in total. The molecule has 1 aliphatic carbocycles. The van der Waals surface area contributed by atoms with Gasteiger partial charge in [-0.05, 0) is 38.7 Å². The Morgan fingerprint density at radius 2 is 1.94 bits per heavy atom. The van der Waals surface area contributed by atoms with Crippen LogP contribution in [0.2, 0.25) is 0 Å². The fourth-order valence-corrected chi connectivity index (χ4v) is 5.22. The molecule has 0 spiro atoms. The van der Waals surface area contributed by atoms with E-state index in [1.54, 1.807) is 17.8 Å². The lowest BCUT2D eigenvalue weighted by Gasteiger charge is -2.29. The van der Waals surface area contributed by atoms with Crippen molar-refractivity contribution < 1.29 is 13.2 Å². The molecule has 1 aromatic carbocycles. The van der Waals surface area contributed by atoms with Gasteiger partial charge in [-0.3, -0.25) is 4.79 Å². The van der Waals surface area contributed by atoms with Gasteiger partial charge in [0.15, 0.2) is 5.82 Å². The van der Waals surface area contributed by atoms with E-state index in [0.717, 1.165) is 36.6 Å². The van der Waals surface area contributed by atoms with Crippen LogP contribution in [0, 0.1) is 5.92 Å². The predicted molar refractivity (Wildman–Crippen MR) is 123 cm³/mol. The third kappa shape index (κ3) is 5.42. The number of para-hydroxylation sites is 1. The van der Waals surface area contributed by atoms with E-state index in [0.29, 0.717) is 11.8 Å². The Bertz CT molecular complexity index is 1200. The summed E-state index contributed by atoms with van der Waals surface area (Å²) in [7, 11) is -3.12. The van der Waals surface area contributed by atoms with E-state index in [-0.39, 0.29) is 29.7 Å². The molecule has 0 saturated heterocycles. The van der Waals surface area contributed by atoms with E-state index >= 15 is 0 Å². The summed E-state index contributed by atoms with van der Waals surface area (Å²) in [5, 5.41) is 11.7. The first kappa shape index (κ1) is 22.2. The van der Waals surface area contributed by atoms with Crippen molar-refractivity contribution >= 4 is 32.6 Å². The zero-order chi connectivity index (χ0) is 22.7. The summed E-state index contributed by atoms with van der Waals surface area (Å²) in [6.07, 6.45) is 7.81. The third-order valence-electron chi connectivity index (χ3n) is 5.71. The van der Waals surface area contributed by atoms with Crippen LogP contribution in [0.3, 0.4) is 0 Å². The fourth-order valence-electron chi connectivity index (χ4n) is 4.23. The molecule has 0 radical (unpaired) electrons. The van der Waals surface area contributed by atoms with Crippen molar-refractivity contribution in [1.29, 1.82) is 0 Å². The van der Waals surface area contributed by atoms with E-state index in [2.05, 4.69) is 25.7 Å². The number of rotatable bonds is 7. The lowest BCUT2D eigenvalue weighted by atomic mass is 9.85. The number of hydrogen-bond acceptors (Lipinski definition) is 7. The van der Waals surface area contributed by atoms with Gasteiger partial charge >= 0.3 is 0 Å². The Morgan fingerprint density at radius 1 is 1.19 bits per heavy atom. The van der Waals surface area contributed by atoms with Crippen LogP contribution in [0.15, 0.2) is 42.7 Å². The van der Waals surface area contributed by atoms with Crippen LogP contribution in [0.5, 0.6) is 0 Å². The molecule has 2 aromatic heterocycles. The van der Waals surface area contributed by atoms with Crippen molar-refractivity contribution in [3.8, 4) is 5.82 Å². The summed E-state index contributed by atoms with van der Waals surface area (Å²) >= 11 is 0. The van der Waals surface area contributed by atoms with Gasteiger partial charge in [0.25, 0.3) is 0 Å². The number of aromatic nitrogens is 4. The van der Waals surface area contributed by atoms with E-state index in [1.807, 2.05) is 36.5 Å². The number of benzene rings is 1. The molecule has 1 fully saturated rings. The first-order valence-corrected chi connectivity index (χ1v) is 12.9. The van der Waals surface area contributed by atoms with E-state index in [1.165, 1.54) is 6.26 Å². The Labute approximate surface area is 187 Å². The molecule has 10 heteroatoms. The number of carbonyl (C=O) groups is 1. The van der Waals surface area contributed by atoms with Crippen molar-refractivity contribution in [2.45, 2.75) is 44.7 Å². The monoisotopic (exact) mass is 456 g/mol. The standard InChI is InChI=1S/C22H28N6O3S/c1-15(14-32(2,30)31)25-21(29)16-7-9-18(10-8-16)26-22-23-12-11-20(27-22)28-19-6-4-3-5-17(19)13-24-28/h3-6,11-13,15-16,18H,7-10,14H2,1-2H3,(H,25,29)(H,23,26,27)/t15-,16?,18?/m1/s1. The highest BCUT2D eigenvalue weighted by Crippen LogP contribution is 2.26. The van der Waals surface area contributed by atoms with Crippen LogP contribution >= 0.6 is 0 Å². The SMILES string of the molecule is C[C@H](CS(C)(=O)=O)NC(=O)C1CCC(Nc2nccc(-n3ncc4ccccc43)n2)CC1. The first-order chi connectivity index (χ1) is 15.3. The van der Waals surface area contributed by atoms with Crippen molar-refractivity contribution in [2.24, 2.45) is 5.92 Å². The maximum absolute atomic E-state index is 12.5. The van der Waals surface area contributed by atoms with Crippen molar-refractivity contribution in [1.82, 2.24) is 25.1 Å². The number of amides is 1. The van der Waals surface area contributed by atoms with Crippen LogP contribution < -0.4 is 10.6 Å². The molecule has 170 valence electrons. The smallest absolute Gasteiger partial charge is 0.224 e. The second-order valence-electron chi connectivity index (χ2n) is 8.55. The summed E-state index contributed by atoms with van der Waals surface area (Å²) < 4.78 is 24.6. The summed E-state index contributed by atoms with van der Waals surface area (Å²) in [6, 6.07) is 9.57. The van der Waals surface area contributed by atoms with Gasteiger partial charge in [0.05, 0.1) is 17.5 Å². The molecule has 0 bridgehead atoms. The Kier molecular flexibility index (Phi) is 6.40. The Hall–Kier alpha value is -3.01. The second kappa shape index (κ2) is 9.23. The normalized spacial score (nSPS) is 20.1. The average Bonchev–Trinajstić information content (AvgIpc) is 3.17. The zero-order valence-corrected chi connectivity index (χ0v) is 19.0. The molecule has 0 aliphatic heterocycles. The molecule has 0 unspecified atom stereocenters.